The minimum Gasteiger partial charge on any atom is -0.469 e. The van der Waals surface area contributed by atoms with Gasteiger partial charge in [-0.05, 0) is 18.9 Å². The molecule has 1 rings (SSSR count). The third kappa shape index (κ3) is 4.98. The summed E-state index contributed by atoms with van der Waals surface area (Å²) in [6, 6.07) is 8.68. The lowest BCUT2D eigenvalue weighted by molar-refractivity contribution is -0.152. The van der Waals surface area contributed by atoms with Crippen LogP contribution >= 0.6 is 0 Å². The Bertz CT molecular complexity index is 555. The maximum atomic E-state index is 12.1. The van der Waals surface area contributed by atoms with E-state index in [0.29, 0.717) is 6.42 Å². The first kappa shape index (κ1) is 18.5. The molecule has 0 aliphatic heterocycles. The Balaban J connectivity index is 2.73. The number of amides is 1. The molecule has 0 saturated heterocycles. The Morgan fingerprint density at radius 2 is 1.96 bits per heavy atom. The molecule has 0 fully saturated rings. The molecule has 0 unspecified atom stereocenters. The first-order chi connectivity index (χ1) is 11.0. The van der Waals surface area contributed by atoms with E-state index in [1.165, 1.54) is 13.2 Å². The molecular formula is C18H23NO4. The summed E-state index contributed by atoms with van der Waals surface area (Å²) in [5.74, 6) is -0.453. The minimum atomic E-state index is -0.996. The lowest BCUT2D eigenvalue weighted by Gasteiger charge is -2.32. The summed E-state index contributed by atoms with van der Waals surface area (Å²) >= 11 is 0. The number of methoxy groups -OCH3 is 1. The van der Waals surface area contributed by atoms with Crippen LogP contribution in [-0.2, 0) is 20.9 Å². The molecule has 0 bridgehead atoms. The maximum Gasteiger partial charge on any atom is 0.407 e. The second-order valence-corrected chi connectivity index (χ2v) is 5.32. The van der Waals surface area contributed by atoms with Crippen molar-refractivity contribution in [2.75, 3.05) is 7.11 Å². The highest BCUT2D eigenvalue weighted by molar-refractivity contribution is 5.79. The quantitative estimate of drug-likeness (QED) is 0.590. The van der Waals surface area contributed by atoms with Crippen molar-refractivity contribution in [2.24, 2.45) is 5.41 Å². The van der Waals surface area contributed by atoms with Crippen LogP contribution < -0.4 is 5.32 Å². The standard InChI is InChI=1S/C18H23NO4/c1-5-12-18(3,16(20)22-4)15(6-2)19-17(21)23-13-14-10-8-7-9-11-14/h5-11,15H,1-2,12-13H2,3-4H3,(H,19,21)/t15-,18-/m0/s1. The zero-order valence-corrected chi connectivity index (χ0v) is 13.6. The molecule has 0 aromatic heterocycles. The molecule has 2 atom stereocenters. The number of alkyl carbamates (subject to hydrolysis) is 1. The molecular weight excluding hydrogens is 294 g/mol. The molecule has 0 radical (unpaired) electrons. The van der Waals surface area contributed by atoms with Crippen LogP contribution in [-0.4, -0.2) is 25.2 Å². The number of carbonyl (C=O) groups is 2. The van der Waals surface area contributed by atoms with Gasteiger partial charge in [-0.3, -0.25) is 4.79 Å². The van der Waals surface area contributed by atoms with E-state index >= 15 is 0 Å². The summed E-state index contributed by atoms with van der Waals surface area (Å²) in [6.07, 6.45) is 2.79. The molecule has 5 heteroatoms. The van der Waals surface area contributed by atoms with Gasteiger partial charge in [-0.1, -0.05) is 42.5 Å². The van der Waals surface area contributed by atoms with E-state index in [1.807, 2.05) is 30.3 Å². The third-order valence-electron chi connectivity index (χ3n) is 3.63. The van der Waals surface area contributed by atoms with E-state index in [0.717, 1.165) is 5.56 Å². The number of carbonyl (C=O) groups excluding carboxylic acids is 2. The molecule has 5 nitrogen and oxygen atoms in total. The van der Waals surface area contributed by atoms with Gasteiger partial charge in [-0.2, -0.15) is 0 Å². The van der Waals surface area contributed by atoms with Gasteiger partial charge in [0.15, 0.2) is 0 Å². The van der Waals surface area contributed by atoms with Crippen molar-refractivity contribution in [3.63, 3.8) is 0 Å². The van der Waals surface area contributed by atoms with Gasteiger partial charge in [0.2, 0.25) is 0 Å². The largest absolute Gasteiger partial charge is 0.469 e. The molecule has 0 aliphatic carbocycles. The Morgan fingerprint density at radius 1 is 1.30 bits per heavy atom. The molecule has 0 heterocycles. The molecule has 1 N–H and O–H groups in total. The normalized spacial score (nSPS) is 14.0. The summed E-state index contributed by atoms with van der Waals surface area (Å²) in [4.78, 5) is 24.1. The van der Waals surface area contributed by atoms with Crippen molar-refractivity contribution < 1.29 is 19.1 Å². The van der Waals surface area contributed by atoms with Gasteiger partial charge < -0.3 is 14.8 Å². The fourth-order valence-corrected chi connectivity index (χ4v) is 2.24. The van der Waals surface area contributed by atoms with Crippen molar-refractivity contribution >= 4 is 12.1 Å². The number of hydrogen-bond donors (Lipinski definition) is 1. The van der Waals surface area contributed by atoms with Gasteiger partial charge in [-0.25, -0.2) is 4.79 Å². The zero-order valence-electron chi connectivity index (χ0n) is 13.6. The molecule has 1 aromatic carbocycles. The Morgan fingerprint density at radius 3 is 2.48 bits per heavy atom. The summed E-state index contributed by atoms with van der Waals surface area (Å²) in [5, 5.41) is 2.65. The number of rotatable bonds is 8. The van der Waals surface area contributed by atoms with Gasteiger partial charge >= 0.3 is 12.1 Å². The topological polar surface area (TPSA) is 64.6 Å². The summed E-state index contributed by atoms with van der Waals surface area (Å²) in [6.45, 7) is 9.16. The highest BCUT2D eigenvalue weighted by atomic mass is 16.5. The molecule has 1 aromatic rings. The monoisotopic (exact) mass is 317 g/mol. The van der Waals surface area contributed by atoms with Crippen LogP contribution in [0, 0.1) is 5.41 Å². The summed E-state index contributed by atoms with van der Waals surface area (Å²) in [5.41, 5.74) is -0.121. The van der Waals surface area contributed by atoms with E-state index in [9.17, 15) is 9.59 Å². The van der Waals surface area contributed by atoms with E-state index < -0.39 is 23.5 Å². The molecule has 0 saturated carbocycles. The average molecular weight is 317 g/mol. The van der Waals surface area contributed by atoms with E-state index in [2.05, 4.69) is 18.5 Å². The minimum absolute atomic E-state index is 0.146. The van der Waals surface area contributed by atoms with Crippen LogP contribution in [0.2, 0.25) is 0 Å². The Kier molecular flexibility index (Phi) is 7.06. The molecule has 124 valence electrons. The van der Waals surface area contributed by atoms with Crippen molar-refractivity contribution in [1.82, 2.24) is 5.32 Å². The van der Waals surface area contributed by atoms with Crippen LogP contribution in [0.4, 0.5) is 4.79 Å². The first-order valence-corrected chi connectivity index (χ1v) is 7.27. The molecule has 1 amide bonds. The second kappa shape index (κ2) is 8.78. The summed E-state index contributed by atoms with van der Waals surface area (Å²) < 4.78 is 10.0. The first-order valence-electron chi connectivity index (χ1n) is 7.27. The third-order valence-corrected chi connectivity index (χ3v) is 3.63. The Hall–Kier alpha value is -2.56. The molecule has 0 aliphatic rings. The predicted molar refractivity (Wildman–Crippen MR) is 88.7 cm³/mol. The lowest BCUT2D eigenvalue weighted by Crippen LogP contribution is -2.49. The number of ether oxygens (including phenoxy) is 2. The van der Waals surface area contributed by atoms with Crippen LogP contribution in [0.1, 0.15) is 18.9 Å². The van der Waals surface area contributed by atoms with E-state index in [-0.39, 0.29) is 6.61 Å². The maximum absolute atomic E-state index is 12.1. The number of nitrogens with one attached hydrogen (secondary N) is 1. The number of esters is 1. The fraction of sp³-hybridized carbons (Fsp3) is 0.333. The van der Waals surface area contributed by atoms with E-state index in [1.54, 1.807) is 13.0 Å². The number of hydrogen-bond acceptors (Lipinski definition) is 4. The van der Waals surface area contributed by atoms with Crippen LogP contribution in [0.15, 0.2) is 55.6 Å². The molecule has 0 spiro atoms. The second-order valence-electron chi connectivity index (χ2n) is 5.32. The van der Waals surface area contributed by atoms with E-state index in [4.69, 9.17) is 9.47 Å². The smallest absolute Gasteiger partial charge is 0.407 e. The van der Waals surface area contributed by atoms with Crippen molar-refractivity contribution in [1.29, 1.82) is 0 Å². The SMILES string of the molecule is C=CC[C@](C)(C(=O)OC)[C@H](C=C)NC(=O)OCc1ccccc1. The average Bonchev–Trinajstić information content (AvgIpc) is 2.58. The van der Waals surface area contributed by atoms with Gasteiger partial charge in [0.25, 0.3) is 0 Å². The molecule has 23 heavy (non-hydrogen) atoms. The zero-order chi connectivity index (χ0) is 17.3. The van der Waals surface area contributed by atoms with Crippen molar-refractivity contribution in [3.8, 4) is 0 Å². The Labute approximate surface area is 137 Å². The summed E-state index contributed by atoms with van der Waals surface area (Å²) in [7, 11) is 1.30. The number of allylic oxidation sites excluding steroid dienone is 1. The van der Waals surface area contributed by atoms with Crippen molar-refractivity contribution in [3.05, 3.63) is 61.2 Å². The van der Waals surface area contributed by atoms with Gasteiger partial charge in [0, 0.05) is 0 Å². The number of benzene rings is 1. The fourth-order valence-electron chi connectivity index (χ4n) is 2.24. The highest BCUT2D eigenvalue weighted by Gasteiger charge is 2.41. The van der Waals surface area contributed by atoms with Gasteiger partial charge in [-0.15, -0.1) is 13.2 Å². The van der Waals surface area contributed by atoms with Gasteiger partial charge in [0.05, 0.1) is 18.6 Å². The van der Waals surface area contributed by atoms with Crippen LogP contribution in [0.5, 0.6) is 0 Å². The van der Waals surface area contributed by atoms with Crippen LogP contribution in [0.3, 0.4) is 0 Å². The lowest BCUT2D eigenvalue weighted by atomic mass is 9.79. The van der Waals surface area contributed by atoms with Crippen molar-refractivity contribution in [2.45, 2.75) is 26.0 Å². The highest BCUT2D eigenvalue weighted by Crippen LogP contribution is 2.29. The van der Waals surface area contributed by atoms with Gasteiger partial charge in [0.1, 0.15) is 6.61 Å². The van der Waals surface area contributed by atoms with Crippen LogP contribution in [0.25, 0.3) is 0 Å². The predicted octanol–water partition coefficient (Wildman–Crippen LogP) is 3.22.